The van der Waals surface area contributed by atoms with Crippen molar-refractivity contribution in [2.45, 2.75) is 0 Å². The van der Waals surface area contributed by atoms with Crippen LogP contribution in [0.5, 0.6) is 0 Å². The molecule has 0 saturated carbocycles. The summed E-state index contributed by atoms with van der Waals surface area (Å²) in [5.74, 6) is 0.417. The molecule has 3 aromatic rings. The molecule has 86 valence electrons. The quantitative estimate of drug-likeness (QED) is 0.733. The van der Waals surface area contributed by atoms with Crippen LogP contribution in [0, 0.1) is 0 Å². The van der Waals surface area contributed by atoms with Gasteiger partial charge in [-0.1, -0.05) is 11.6 Å². The van der Waals surface area contributed by atoms with Crippen LogP contribution in [0.3, 0.4) is 0 Å². The lowest BCUT2D eigenvalue weighted by Gasteiger charge is -1.97. The Balaban J connectivity index is 2.42. The second kappa shape index (κ2) is 3.68. The number of thiophene rings is 1. The summed E-state index contributed by atoms with van der Waals surface area (Å²) >= 11 is 7.64. The van der Waals surface area contributed by atoms with Crippen molar-refractivity contribution >= 4 is 39.8 Å². The number of anilines is 1. The first kappa shape index (κ1) is 10.5. The number of hydrogen-bond acceptors (Lipinski definition) is 5. The van der Waals surface area contributed by atoms with Crippen molar-refractivity contribution in [1.29, 1.82) is 0 Å². The van der Waals surface area contributed by atoms with Crippen molar-refractivity contribution in [3.05, 3.63) is 22.1 Å². The average Bonchev–Trinajstić information content (AvgIpc) is 2.85. The van der Waals surface area contributed by atoms with Crippen LogP contribution in [0.25, 0.3) is 22.3 Å². The van der Waals surface area contributed by atoms with E-state index < -0.39 is 0 Å². The second-order valence-electron chi connectivity index (χ2n) is 3.56. The molecular weight excluding hydrogens is 258 g/mol. The largest absolute Gasteiger partial charge is 0.383 e. The lowest BCUT2D eigenvalue weighted by atomic mass is 10.2. The highest BCUT2D eigenvalue weighted by molar-refractivity contribution is 7.09. The number of nitrogens with two attached hydrogens (primary N) is 1. The predicted octanol–water partition coefficient (Wildman–Crippen LogP) is 2.33. The summed E-state index contributed by atoms with van der Waals surface area (Å²) in [6.07, 6.45) is 1.43. The van der Waals surface area contributed by atoms with Gasteiger partial charge in [0.25, 0.3) is 0 Å². The minimum Gasteiger partial charge on any atom is -0.383 e. The molecule has 0 unspecified atom stereocenters. The first-order valence-corrected chi connectivity index (χ1v) is 6.16. The van der Waals surface area contributed by atoms with Crippen LogP contribution in [0.15, 0.2) is 17.1 Å². The van der Waals surface area contributed by atoms with Gasteiger partial charge in [-0.15, -0.1) is 0 Å². The highest BCUT2D eigenvalue weighted by Gasteiger charge is 2.17. The molecule has 5 nitrogen and oxygen atoms in total. The molecule has 0 amide bonds. The number of rotatable bonds is 1. The normalized spacial score (nSPS) is 11.2. The minimum absolute atomic E-state index is 0.417. The SMILES string of the molecule is Cn1nc(-c2cscc2Cl)c2c(N)ncnc21. The topological polar surface area (TPSA) is 69.6 Å². The van der Waals surface area contributed by atoms with E-state index in [1.54, 1.807) is 4.68 Å². The van der Waals surface area contributed by atoms with Gasteiger partial charge in [0.15, 0.2) is 5.65 Å². The van der Waals surface area contributed by atoms with Crippen molar-refractivity contribution < 1.29 is 0 Å². The van der Waals surface area contributed by atoms with Crippen LogP contribution >= 0.6 is 22.9 Å². The Morgan fingerprint density at radius 1 is 1.35 bits per heavy atom. The van der Waals surface area contributed by atoms with Gasteiger partial charge in [0.1, 0.15) is 17.8 Å². The molecule has 2 N–H and O–H groups in total. The molecule has 3 heterocycles. The van der Waals surface area contributed by atoms with Gasteiger partial charge in [0.05, 0.1) is 10.4 Å². The molecule has 7 heteroatoms. The Kier molecular flexibility index (Phi) is 2.27. The molecule has 0 aliphatic rings. The summed E-state index contributed by atoms with van der Waals surface area (Å²) in [6.45, 7) is 0. The van der Waals surface area contributed by atoms with Gasteiger partial charge in [-0.25, -0.2) is 14.6 Å². The number of nitrogen functional groups attached to an aromatic ring is 1. The highest BCUT2D eigenvalue weighted by atomic mass is 35.5. The molecule has 0 saturated heterocycles. The maximum absolute atomic E-state index is 6.12. The molecule has 0 fully saturated rings. The van der Waals surface area contributed by atoms with Gasteiger partial charge in [0.2, 0.25) is 0 Å². The first-order valence-electron chi connectivity index (χ1n) is 4.83. The molecule has 0 radical (unpaired) electrons. The fourth-order valence-corrected chi connectivity index (χ4v) is 2.80. The summed E-state index contributed by atoms with van der Waals surface area (Å²) in [5.41, 5.74) is 8.18. The lowest BCUT2D eigenvalue weighted by Crippen LogP contribution is -1.95. The van der Waals surface area contributed by atoms with E-state index in [-0.39, 0.29) is 0 Å². The number of hydrogen-bond donors (Lipinski definition) is 1. The zero-order chi connectivity index (χ0) is 12.0. The minimum atomic E-state index is 0.417. The van der Waals surface area contributed by atoms with E-state index in [0.29, 0.717) is 16.5 Å². The molecule has 3 aromatic heterocycles. The van der Waals surface area contributed by atoms with Crippen LogP contribution in [-0.4, -0.2) is 19.7 Å². The highest BCUT2D eigenvalue weighted by Crippen LogP contribution is 2.35. The fourth-order valence-electron chi connectivity index (χ4n) is 1.75. The number of aryl methyl sites for hydroxylation is 1. The smallest absolute Gasteiger partial charge is 0.163 e. The molecule has 0 aliphatic carbocycles. The first-order chi connectivity index (χ1) is 8.18. The molecular formula is C10H8ClN5S. The maximum Gasteiger partial charge on any atom is 0.163 e. The third-order valence-corrected chi connectivity index (χ3v) is 3.71. The lowest BCUT2D eigenvalue weighted by molar-refractivity contribution is 0.789. The predicted molar refractivity (Wildman–Crippen MR) is 69.0 cm³/mol. The fraction of sp³-hybridized carbons (Fsp3) is 0.100. The molecule has 0 spiro atoms. The number of fused-ring (bicyclic) bond motifs is 1. The van der Waals surface area contributed by atoms with Crippen LogP contribution in [0.2, 0.25) is 5.02 Å². The summed E-state index contributed by atoms with van der Waals surface area (Å²) < 4.78 is 1.68. The average molecular weight is 266 g/mol. The monoisotopic (exact) mass is 265 g/mol. The zero-order valence-corrected chi connectivity index (χ0v) is 10.5. The van der Waals surface area contributed by atoms with Gasteiger partial charge >= 0.3 is 0 Å². The van der Waals surface area contributed by atoms with Gasteiger partial charge in [-0.05, 0) is 0 Å². The Morgan fingerprint density at radius 2 is 2.18 bits per heavy atom. The molecule has 0 bridgehead atoms. The van der Waals surface area contributed by atoms with Crippen LogP contribution in [-0.2, 0) is 7.05 Å². The summed E-state index contributed by atoms with van der Waals surface area (Å²) in [4.78, 5) is 8.17. The van der Waals surface area contributed by atoms with E-state index in [4.69, 9.17) is 17.3 Å². The van der Waals surface area contributed by atoms with Crippen molar-refractivity contribution in [2.24, 2.45) is 7.05 Å². The van der Waals surface area contributed by atoms with Gasteiger partial charge in [0, 0.05) is 23.4 Å². The van der Waals surface area contributed by atoms with Crippen molar-refractivity contribution in [3.8, 4) is 11.3 Å². The number of nitrogens with zero attached hydrogens (tertiary/aromatic N) is 4. The van der Waals surface area contributed by atoms with Crippen molar-refractivity contribution in [3.63, 3.8) is 0 Å². The molecule has 0 aliphatic heterocycles. The zero-order valence-electron chi connectivity index (χ0n) is 8.88. The van der Waals surface area contributed by atoms with Crippen LogP contribution < -0.4 is 5.73 Å². The van der Waals surface area contributed by atoms with Gasteiger partial charge in [-0.3, -0.25) is 0 Å². The van der Waals surface area contributed by atoms with E-state index in [1.165, 1.54) is 17.7 Å². The van der Waals surface area contributed by atoms with E-state index in [9.17, 15) is 0 Å². The van der Waals surface area contributed by atoms with E-state index in [0.717, 1.165) is 16.6 Å². The van der Waals surface area contributed by atoms with Crippen molar-refractivity contribution in [1.82, 2.24) is 19.7 Å². The van der Waals surface area contributed by atoms with E-state index >= 15 is 0 Å². The summed E-state index contributed by atoms with van der Waals surface area (Å²) in [5, 5.41) is 9.62. The van der Waals surface area contributed by atoms with Crippen molar-refractivity contribution in [2.75, 3.05) is 5.73 Å². The molecule has 0 aromatic carbocycles. The van der Waals surface area contributed by atoms with Crippen LogP contribution in [0.1, 0.15) is 0 Å². The Labute approximate surface area is 106 Å². The standard InChI is InChI=1S/C10H8ClN5S/c1-16-10-7(9(12)13-4-14-10)8(15-16)5-2-17-3-6(5)11/h2-4H,1H3,(H2,12,13,14). The van der Waals surface area contributed by atoms with E-state index in [1.807, 2.05) is 17.8 Å². The summed E-state index contributed by atoms with van der Waals surface area (Å²) in [6, 6.07) is 0. The third kappa shape index (κ3) is 1.49. The Morgan fingerprint density at radius 3 is 2.88 bits per heavy atom. The van der Waals surface area contributed by atoms with E-state index in [2.05, 4.69) is 15.1 Å². The Hall–Kier alpha value is -1.66. The number of aromatic nitrogens is 4. The molecule has 3 rings (SSSR count). The third-order valence-electron chi connectivity index (χ3n) is 2.52. The number of halogens is 1. The van der Waals surface area contributed by atoms with Crippen LogP contribution in [0.4, 0.5) is 5.82 Å². The molecule has 0 atom stereocenters. The van der Waals surface area contributed by atoms with Gasteiger partial charge < -0.3 is 5.73 Å². The van der Waals surface area contributed by atoms with Gasteiger partial charge in [-0.2, -0.15) is 16.4 Å². The Bertz CT molecular complexity index is 702. The second-order valence-corrected chi connectivity index (χ2v) is 4.71. The molecule has 17 heavy (non-hydrogen) atoms. The maximum atomic E-state index is 6.12. The summed E-state index contributed by atoms with van der Waals surface area (Å²) in [7, 11) is 1.82.